The first-order chi connectivity index (χ1) is 14.7. The quantitative estimate of drug-likeness (QED) is 0.600. The predicted octanol–water partition coefficient (Wildman–Crippen LogP) is 4.01. The molecule has 1 fully saturated rings. The van der Waals surface area contributed by atoms with Crippen LogP contribution in [0.15, 0.2) is 48.5 Å². The zero-order valence-electron chi connectivity index (χ0n) is 19.0. The summed E-state index contributed by atoms with van der Waals surface area (Å²) in [6, 6.07) is 16.5. The zero-order chi connectivity index (χ0) is 21.3. The molecule has 1 amide bonds. The number of methoxy groups -OCH3 is 1. The number of hydrogen-bond donors (Lipinski definition) is 1. The van der Waals surface area contributed by atoms with E-state index in [1.807, 2.05) is 35.2 Å². The maximum absolute atomic E-state index is 13.4. The van der Waals surface area contributed by atoms with Crippen molar-refractivity contribution in [2.75, 3.05) is 39.8 Å². The smallest absolute Gasteiger partial charge is 0.254 e. The van der Waals surface area contributed by atoms with E-state index < -0.39 is 0 Å². The molecule has 2 aromatic rings. The Morgan fingerprint density at radius 2 is 1.81 bits per heavy atom. The SMILES string of the molecule is CCN(CC)Cc1ccc(C(=O)N(CCc2ccccc2OC)[C@@H]2CCNC2)cc1.Cl. The van der Waals surface area contributed by atoms with Crippen LogP contribution in [0.4, 0.5) is 0 Å². The molecular formula is C25H36ClN3O2. The van der Waals surface area contributed by atoms with Gasteiger partial charge in [0.25, 0.3) is 5.91 Å². The Balaban J connectivity index is 0.00000341. The third-order valence-corrected chi connectivity index (χ3v) is 6.05. The van der Waals surface area contributed by atoms with Crippen LogP contribution < -0.4 is 10.1 Å². The second kappa shape index (κ2) is 12.7. The van der Waals surface area contributed by atoms with Gasteiger partial charge in [0, 0.05) is 31.2 Å². The van der Waals surface area contributed by atoms with Crippen LogP contribution in [0.3, 0.4) is 0 Å². The van der Waals surface area contributed by atoms with E-state index in [1.54, 1.807) is 7.11 Å². The van der Waals surface area contributed by atoms with E-state index in [-0.39, 0.29) is 24.4 Å². The van der Waals surface area contributed by atoms with Gasteiger partial charge in [0.1, 0.15) is 5.75 Å². The largest absolute Gasteiger partial charge is 0.496 e. The number of carbonyl (C=O) groups is 1. The molecule has 0 bridgehead atoms. The van der Waals surface area contributed by atoms with E-state index >= 15 is 0 Å². The molecule has 31 heavy (non-hydrogen) atoms. The number of carbonyl (C=O) groups excluding carboxylic acids is 1. The molecule has 5 nitrogen and oxygen atoms in total. The van der Waals surface area contributed by atoms with E-state index in [9.17, 15) is 4.79 Å². The van der Waals surface area contributed by atoms with Crippen molar-refractivity contribution in [3.05, 3.63) is 65.2 Å². The third-order valence-electron chi connectivity index (χ3n) is 6.05. The minimum atomic E-state index is 0. The van der Waals surface area contributed by atoms with Crippen molar-refractivity contribution >= 4 is 18.3 Å². The molecule has 0 radical (unpaired) electrons. The predicted molar refractivity (Wildman–Crippen MR) is 129 cm³/mol. The summed E-state index contributed by atoms with van der Waals surface area (Å²) in [6.07, 6.45) is 1.78. The Kier molecular flexibility index (Phi) is 10.3. The number of nitrogens with one attached hydrogen (secondary N) is 1. The number of nitrogens with zero attached hydrogens (tertiary/aromatic N) is 2. The van der Waals surface area contributed by atoms with Gasteiger partial charge >= 0.3 is 0 Å². The van der Waals surface area contributed by atoms with E-state index in [1.165, 1.54) is 5.56 Å². The molecule has 1 heterocycles. The minimum Gasteiger partial charge on any atom is -0.496 e. The zero-order valence-corrected chi connectivity index (χ0v) is 19.8. The average Bonchev–Trinajstić information content (AvgIpc) is 3.32. The van der Waals surface area contributed by atoms with Crippen LogP contribution in [0.1, 0.15) is 41.8 Å². The van der Waals surface area contributed by atoms with Crippen LogP contribution in [0.2, 0.25) is 0 Å². The summed E-state index contributed by atoms with van der Waals surface area (Å²) < 4.78 is 5.49. The normalized spacial score (nSPS) is 15.5. The Labute approximate surface area is 193 Å². The van der Waals surface area contributed by atoms with Crippen LogP contribution >= 0.6 is 12.4 Å². The van der Waals surface area contributed by atoms with Gasteiger partial charge in [-0.3, -0.25) is 9.69 Å². The summed E-state index contributed by atoms with van der Waals surface area (Å²) in [5.74, 6) is 1.00. The molecule has 1 N–H and O–H groups in total. The van der Waals surface area contributed by atoms with Gasteiger partial charge < -0.3 is 15.0 Å². The number of rotatable bonds is 10. The summed E-state index contributed by atoms with van der Waals surface area (Å²) in [4.78, 5) is 17.8. The number of para-hydroxylation sites is 1. The molecule has 3 rings (SSSR count). The van der Waals surface area contributed by atoms with Crippen molar-refractivity contribution in [1.29, 1.82) is 0 Å². The lowest BCUT2D eigenvalue weighted by Gasteiger charge is -2.29. The minimum absolute atomic E-state index is 0. The molecule has 0 aromatic heterocycles. The summed E-state index contributed by atoms with van der Waals surface area (Å²) in [5.41, 5.74) is 3.15. The molecule has 0 saturated carbocycles. The summed E-state index contributed by atoms with van der Waals surface area (Å²) in [5, 5.41) is 3.40. The van der Waals surface area contributed by atoms with Gasteiger partial charge in [-0.05, 0) is 61.8 Å². The van der Waals surface area contributed by atoms with Crippen LogP contribution in [-0.2, 0) is 13.0 Å². The van der Waals surface area contributed by atoms with Gasteiger partial charge in [-0.15, -0.1) is 12.4 Å². The topological polar surface area (TPSA) is 44.8 Å². The standard InChI is InChI=1S/C25H35N3O2.ClH/c1-4-27(5-2)19-20-10-12-22(13-11-20)25(29)28(23-14-16-26-18-23)17-15-21-8-6-7-9-24(21)30-3;/h6-13,23,26H,4-5,14-19H2,1-3H3;1H/t23-;/m1./s1. The number of benzene rings is 2. The first-order valence-corrected chi connectivity index (χ1v) is 11.1. The van der Waals surface area contributed by atoms with Gasteiger partial charge in [-0.25, -0.2) is 0 Å². The van der Waals surface area contributed by atoms with Gasteiger partial charge in [-0.2, -0.15) is 0 Å². The molecule has 0 aliphatic carbocycles. The lowest BCUT2D eigenvalue weighted by molar-refractivity contribution is 0.0694. The number of halogens is 1. The second-order valence-electron chi connectivity index (χ2n) is 7.87. The van der Waals surface area contributed by atoms with Crippen LogP contribution in [0.5, 0.6) is 5.75 Å². The van der Waals surface area contributed by atoms with Crippen LogP contribution in [0.25, 0.3) is 0 Å². The molecular weight excluding hydrogens is 410 g/mol. The lowest BCUT2D eigenvalue weighted by atomic mass is 10.1. The van der Waals surface area contributed by atoms with Gasteiger partial charge in [0.15, 0.2) is 0 Å². The molecule has 0 spiro atoms. The highest BCUT2D eigenvalue weighted by molar-refractivity contribution is 5.94. The van der Waals surface area contributed by atoms with E-state index in [2.05, 4.69) is 42.3 Å². The monoisotopic (exact) mass is 445 g/mol. The van der Waals surface area contributed by atoms with Crippen LogP contribution in [0, 0.1) is 0 Å². The van der Waals surface area contributed by atoms with E-state index in [0.717, 1.165) is 62.4 Å². The Bertz CT molecular complexity index is 803. The third kappa shape index (κ3) is 6.70. The molecule has 170 valence electrons. The van der Waals surface area contributed by atoms with Crippen molar-refractivity contribution in [1.82, 2.24) is 15.1 Å². The Hall–Kier alpha value is -2.08. The molecule has 1 aliphatic heterocycles. The van der Waals surface area contributed by atoms with Crippen LogP contribution in [-0.4, -0.2) is 61.6 Å². The maximum Gasteiger partial charge on any atom is 0.254 e. The van der Waals surface area contributed by atoms with Crippen molar-refractivity contribution in [3.8, 4) is 5.75 Å². The molecule has 1 atom stereocenters. The number of amides is 1. The second-order valence-corrected chi connectivity index (χ2v) is 7.87. The average molecular weight is 446 g/mol. The van der Waals surface area contributed by atoms with Crippen molar-refractivity contribution in [3.63, 3.8) is 0 Å². The lowest BCUT2D eigenvalue weighted by Crippen LogP contribution is -2.42. The molecule has 2 aromatic carbocycles. The van der Waals surface area contributed by atoms with E-state index in [0.29, 0.717) is 6.54 Å². The molecule has 1 saturated heterocycles. The molecule has 6 heteroatoms. The first-order valence-electron chi connectivity index (χ1n) is 11.1. The Morgan fingerprint density at radius 1 is 1.10 bits per heavy atom. The summed E-state index contributed by atoms with van der Waals surface area (Å²) >= 11 is 0. The summed E-state index contributed by atoms with van der Waals surface area (Å²) in [7, 11) is 1.70. The molecule has 1 aliphatic rings. The highest BCUT2D eigenvalue weighted by atomic mass is 35.5. The number of hydrogen-bond acceptors (Lipinski definition) is 4. The van der Waals surface area contributed by atoms with Crippen molar-refractivity contribution < 1.29 is 9.53 Å². The van der Waals surface area contributed by atoms with Gasteiger partial charge in [-0.1, -0.05) is 44.2 Å². The van der Waals surface area contributed by atoms with Gasteiger partial charge in [0.2, 0.25) is 0 Å². The Morgan fingerprint density at radius 3 is 2.42 bits per heavy atom. The fourth-order valence-electron chi connectivity index (χ4n) is 4.13. The maximum atomic E-state index is 13.4. The fourth-order valence-corrected chi connectivity index (χ4v) is 4.13. The van der Waals surface area contributed by atoms with Crippen molar-refractivity contribution in [2.24, 2.45) is 0 Å². The molecule has 0 unspecified atom stereocenters. The van der Waals surface area contributed by atoms with Crippen molar-refractivity contribution in [2.45, 2.75) is 39.3 Å². The van der Waals surface area contributed by atoms with Gasteiger partial charge in [0.05, 0.1) is 7.11 Å². The fraction of sp³-hybridized carbons (Fsp3) is 0.480. The first kappa shape index (κ1) is 25.2. The van der Waals surface area contributed by atoms with E-state index in [4.69, 9.17) is 4.74 Å². The highest BCUT2D eigenvalue weighted by Gasteiger charge is 2.27. The summed E-state index contributed by atoms with van der Waals surface area (Å²) in [6.45, 7) is 9.85. The number of ether oxygens (including phenoxy) is 1. The highest BCUT2D eigenvalue weighted by Crippen LogP contribution is 2.21.